The van der Waals surface area contributed by atoms with Crippen molar-refractivity contribution in [2.24, 2.45) is 0 Å². The number of anilines is 1. The molecule has 0 N–H and O–H groups in total. The normalized spacial score (nSPS) is 14.2. The summed E-state index contributed by atoms with van der Waals surface area (Å²) in [5.41, 5.74) is 2.39. The second-order valence-corrected chi connectivity index (χ2v) is 7.19. The smallest absolute Gasteiger partial charge is 0.280 e. The van der Waals surface area contributed by atoms with Gasteiger partial charge in [0, 0.05) is 43.2 Å². The lowest BCUT2D eigenvalue weighted by Gasteiger charge is -2.27. The lowest BCUT2D eigenvalue weighted by molar-refractivity contribution is -0.0757. The largest absolute Gasteiger partial charge is 0.351 e. The maximum absolute atomic E-state index is 12.1. The average molecular weight is 444 g/mol. The van der Waals surface area contributed by atoms with E-state index < -0.39 is 0 Å². The van der Waals surface area contributed by atoms with E-state index >= 15 is 0 Å². The van der Waals surface area contributed by atoms with Crippen LogP contribution in [0.1, 0.15) is 22.6 Å². The van der Waals surface area contributed by atoms with E-state index in [0.717, 1.165) is 39.4 Å². The molecule has 0 atom stereocenters. The summed E-state index contributed by atoms with van der Waals surface area (Å²) < 4.78 is 2.77. The predicted molar refractivity (Wildman–Crippen MR) is 107 cm³/mol. The number of carbonyl (C=O) groups is 1. The lowest BCUT2D eigenvalue weighted by Crippen LogP contribution is -2.30. The van der Waals surface area contributed by atoms with Gasteiger partial charge in [-0.05, 0) is 34.0 Å². The molecule has 0 spiro atoms. The minimum absolute atomic E-state index is 0.288. The monoisotopic (exact) mass is 443 g/mol. The molecule has 4 heterocycles. The minimum Gasteiger partial charge on any atom is -0.351 e. The van der Waals surface area contributed by atoms with Crippen LogP contribution in [0.25, 0.3) is 11.1 Å². The molecular weight excluding hydrogens is 426 g/mol. The molecule has 1 aliphatic rings. The third-order valence-corrected chi connectivity index (χ3v) is 5.04. The first-order valence-corrected chi connectivity index (χ1v) is 9.43. The number of amides is 1. The highest BCUT2D eigenvalue weighted by molar-refractivity contribution is 9.10. The lowest BCUT2D eigenvalue weighted by atomic mass is 10.1. The molecule has 0 aliphatic carbocycles. The molecule has 3 aromatic rings. The van der Waals surface area contributed by atoms with Crippen LogP contribution in [0.3, 0.4) is 0 Å². The summed E-state index contributed by atoms with van der Waals surface area (Å²) in [5.74, 6) is 1.24. The summed E-state index contributed by atoms with van der Waals surface area (Å²) in [6.07, 6.45) is 9.40. The summed E-state index contributed by atoms with van der Waals surface area (Å²) in [6, 6.07) is 2.00. The van der Waals surface area contributed by atoms with E-state index in [0.29, 0.717) is 17.9 Å². The zero-order valence-electron chi connectivity index (χ0n) is 15.4. The maximum atomic E-state index is 12.1. The van der Waals surface area contributed by atoms with Crippen molar-refractivity contribution in [2.75, 3.05) is 32.1 Å². The molecule has 0 saturated carbocycles. The van der Waals surface area contributed by atoms with Gasteiger partial charge in [-0.1, -0.05) is 6.08 Å². The summed E-state index contributed by atoms with van der Waals surface area (Å²) in [4.78, 5) is 32.3. The topological polar surface area (TPSA) is 88.8 Å². The van der Waals surface area contributed by atoms with Crippen molar-refractivity contribution < 1.29 is 9.63 Å². The Morgan fingerprint density at radius 3 is 2.75 bits per heavy atom. The van der Waals surface area contributed by atoms with Gasteiger partial charge in [0.15, 0.2) is 11.6 Å². The van der Waals surface area contributed by atoms with Crippen molar-refractivity contribution in [3.8, 4) is 0 Å². The van der Waals surface area contributed by atoms with Gasteiger partial charge in [0.2, 0.25) is 0 Å². The van der Waals surface area contributed by atoms with Crippen molar-refractivity contribution in [2.45, 2.75) is 6.42 Å². The standard InChI is InChI=1S/C18H18BrN7O2/c1-24(28-2)18(27)13-8-20-16(21-9-13)12-3-5-25(6-4-12)17-15-7-14(19)10-26(15)23-11-22-17/h3,7-11H,4-6H2,1-2H3. The fraction of sp³-hybridized carbons (Fsp3) is 0.278. The molecule has 10 heteroatoms. The number of halogens is 1. The van der Waals surface area contributed by atoms with E-state index in [2.05, 4.69) is 47.0 Å². The molecule has 0 radical (unpaired) electrons. The van der Waals surface area contributed by atoms with Crippen LogP contribution in [0.5, 0.6) is 0 Å². The van der Waals surface area contributed by atoms with E-state index in [1.54, 1.807) is 13.4 Å². The van der Waals surface area contributed by atoms with Gasteiger partial charge in [0.1, 0.15) is 11.8 Å². The van der Waals surface area contributed by atoms with Crippen LogP contribution >= 0.6 is 15.9 Å². The molecule has 0 bridgehead atoms. The molecule has 0 aromatic carbocycles. The van der Waals surface area contributed by atoms with Crippen LogP contribution in [-0.2, 0) is 4.84 Å². The van der Waals surface area contributed by atoms with Crippen LogP contribution in [0.4, 0.5) is 5.82 Å². The van der Waals surface area contributed by atoms with Gasteiger partial charge in [-0.3, -0.25) is 9.63 Å². The first-order valence-electron chi connectivity index (χ1n) is 8.64. The summed E-state index contributed by atoms with van der Waals surface area (Å²) in [5, 5.41) is 5.37. The Labute approximate surface area is 169 Å². The number of hydrogen-bond acceptors (Lipinski definition) is 7. The van der Waals surface area contributed by atoms with Crippen molar-refractivity contribution >= 4 is 38.7 Å². The Morgan fingerprint density at radius 2 is 2.07 bits per heavy atom. The molecule has 0 saturated heterocycles. The van der Waals surface area contributed by atoms with Crippen LogP contribution in [0.15, 0.2) is 41.5 Å². The number of nitrogens with zero attached hydrogens (tertiary/aromatic N) is 7. The number of aromatic nitrogens is 5. The van der Waals surface area contributed by atoms with Crippen molar-refractivity contribution in [3.05, 3.63) is 52.9 Å². The second kappa shape index (κ2) is 7.64. The minimum atomic E-state index is -0.288. The molecule has 3 aromatic heterocycles. The zero-order chi connectivity index (χ0) is 19.7. The van der Waals surface area contributed by atoms with Gasteiger partial charge in [-0.15, -0.1) is 0 Å². The number of hydrogen-bond donors (Lipinski definition) is 0. The highest BCUT2D eigenvalue weighted by Gasteiger charge is 2.19. The fourth-order valence-corrected chi connectivity index (χ4v) is 3.47. The van der Waals surface area contributed by atoms with Gasteiger partial charge in [0.25, 0.3) is 5.91 Å². The SMILES string of the molecule is CON(C)C(=O)c1cnc(C2=CCN(c3ncnn4cc(Br)cc34)CC2)nc1. The highest BCUT2D eigenvalue weighted by atomic mass is 79.9. The van der Waals surface area contributed by atoms with E-state index in [1.165, 1.54) is 19.5 Å². The van der Waals surface area contributed by atoms with Gasteiger partial charge in [-0.25, -0.2) is 24.5 Å². The van der Waals surface area contributed by atoms with Crippen LogP contribution < -0.4 is 4.90 Å². The van der Waals surface area contributed by atoms with E-state index in [1.807, 2.05) is 16.8 Å². The quantitative estimate of drug-likeness (QED) is 0.570. The average Bonchev–Trinajstić information content (AvgIpc) is 3.13. The molecular formula is C18H18BrN7O2. The Bertz CT molecular complexity index is 1050. The molecule has 0 unspecified atom stereocenters. The number of rotatable bonds is 4. The third-order valence-electron chi connectivity index (χ3n) is 4.61. The Balaban J connectivity index is 1.52. The molecule has 1 amide bonds. The highest BCUT2D eigenvalue weighted by Crippen LogP contribution is 2.27. The fourth-order valence-electron chi connectivity index (χ4n) is 3.06. The van der Waals surface area contributed by atoms with Crippen LogP contribution in [-0.4, -0.2) is 62.8 Å². The number of carbonyl (C=O) groups excluding carboxylic acids is 1. The van der Waals surface area contributed by atoms with Crippen molar-refractivity contribution in [1.29, 1.82) is 0 Å². The van der Waals surface area contributed by atoms with Crippen molar-refractivity contribution in [3.63, 3.8) is 0 Å². The molecule has 4 rings (SSSR count). The number of fused-ring (bicyclic) bond motifs is 1. The zero-order valence-corrected chi connectivity index (χ0v) is 17.0. The van der Waals surface area contributed by atoms with Crippen molar-refractivity contribution in [1.82, 2.24) is 29.6 Å². The Hall–Kier alpha value is -2.85. The molecule has 28 heavy (non-hydrogen) atoms. The second-order valence-electron chi connectivity index (χ2n) is 6.28. The molecule has 0 fully saturated rings. The van der Waals surface area contributed by atoms with E-state index in [9.17, 15) is 4.79 Å². The van der Waals surface area contributed by atoms with E-state index in [-0.39, 0.29) is 5.91 Å². The van der Waals surface area contributed by atoms with Gasteiger partial charge in [0.05, 0.1) is 12.7 Å². The molecule has 1 aliphatic heterocycles. The van der Waals surface area contributed by atoms with Crippen LogP contribution in [0, 0.1) is 0 Å². The Morgan fingerprint density at radius 1 is 1.29 bits per heavy atom. The summed E-state index contributed by atoms with van der Waals surface area (Å²) in [6.45, 7) is 1.49. The first kappa shape index (κ1) is 18.5. The van der Waals surface area contributed by atoms with Gasteiger partial charge in [-0.2, -0.15) is 5.10 Å². The third kappa shape index (κ3) is 3.48. The maximum Gasteiger partial charge on any atom is 0.280 e. The predicted octanol–water partition coefficient (Wildman–Crippen LogP) is 2.21. The molecule has 9 nitrogen and oxygen atoms in total. The molecule has 144 valence electrons. The summed E-state index contributed by atoms with van der Waals surface area (Å²) in [7, 11) is 2.98. The number of hydroxylamine groups is 2. The van der Waals surface area contributed by atoms with E-state index in [4.69, 9.17) is 4.84 Å². The first-order chi connectivity index (χ1) is 13.6. The van der Waals surface area contributed by atoms with Crippen LogP contribution in [0.2, 0.25) is 0 Å². The Kier molecular flexibility index (Phi) is 5.05. The van der Waals surface area contributed by atoms with Gasteiger partial charge >= 0.3 is 0 Å². The summed E-state index contributed by atoms with van der Waals surface area (Å²) >= 11 is 3.48. The van der Waals surface area contributed by atoms with Gasteiger partial charge < -0.3 is 4.90 Å².